The highest BCUT2D eigenvalue weighted by Crippen LogP contribution is 2.24. The standard InChI is InChI=1S/C16H19BrN2O2S/c1-16(2,3)21-15(20)19-12-6-4-11(5-7-12)18-10-14-13(17)8-9-22-14/h4-9,18H,10H2,1-3H3,(H,19,20). The Balaban J connectivity index is 1.87. The summed E-state index contributed by atoms with van der Waals surface area (Å²) >= 11 is 5.21. The highest BCUT2D eigenvalue weighted by molar-refractivity contribution is 9.10. The first-order chi connectivity index (χ1) is 10.3. The Hall–Kier alpha value is -1.53. The SMILES string of the molecule is CC(C)(C)OC(=O)Nc1ccc(NCc2sccc2Br)cc1. The molecule has 0 fully saturated rings. The molecule has 1 aromatic carbocycles. The van der Waals surface area contributed by atoms with Gasteiger partial charge in [-0.2, -0.15) is 0 Å². The van der Waals surface area contributed by atoms with Gasteiger partial charge >= 0.3 is 6.09 Å². The van der Waals surface area contributed by atoms with Gasteiger partial charge in [0, 0.05) is 20.7 Å². The van der Waals surface area contributed by atoms with Crippen LogP contribution in [0.1, 0.15) is 25.6 Å². The number of carbonyl (C=O) groups is 1. The molecule has 0 unspecified atom stereocenters. The molecule has 0 saturated heterocycles. The minimum absolute atomic E-state index is 0.448. The lowest BCUT2D eigenvalue weighted by Crippen LogP contribution is -2.27. The third-order valence-corrected chi connectivity index (χ3v) is 4.60. The van der Waals surface area contributed by atoms with Crippen LogP contribution in [0.25, 0.3) is 0 Å². The number of hydrogen-bond acceptors (Lipinski definition) is 4. The molecular formula is C16H19BrN2O2S. The van der Waals surface area contributed by atoms with Gasteiger partial charge in [0.25, 0.3) is 0 Å². The largest absolute Gasteiger partial charge is 0.444 e. The fourth-order valence-electron chi connectivity index (χ4n) is 1.73. The Morgan fingerprint density at radius 1 is 1.18 bits per heavy atom. The molecular weight excluding hydrogens is 364 g/mol. The van der Waals surface area contributed by atoms with Gasteiger partial charge < -0.3 is 10.1 Å². The van der Waals surface area contributed by atoms with Gasteiger partial charge in [-0.15, -0.1) is 11.3 Å². The van der Waals surface area contributed by atoms with Gasteiger partial charge in [0.05, 0.1) is 6.54 Å². The summed E-state index contributed by atoms with van der Waals surface area (Å²) in [4.78, 5) is 12.9. The van der Waals surface area contributed by atoms with Crippen molar-refractivity contribution in [2.45, 2.75) is 32.9 Å². The van der Waals surface area contributed by atoms with Crippen LogP contribution in [0.4, 0.5) is 16.2 Å². The molecule has 1 amide bonds. The molecule has 0 aliphatic heterocycles. The molecule has 2 rings (SSSR count). The number of carbonyl (C=O) groups excluding carboxylic acids is 1. The summed E-state index contributed by atoms with van der Waals surface area (Å²) < 4.78 is 6.33. The van der Waals surface area contributed by atoms with Crippen LogP contribution in [0.5, 0.6) is 0 Å². The lowest BCUT2D eigenvalue weighted by molar-refractivity contribution is 0.0636. The maximum Gasteiger partial charge on any atom is 0.412 e. The van der Waals surface area contributed by atoms with Crippen LogP contribution in [0, 0.1) is 0 Å². The van der Waals surface area contributed by atoms with Gasteiger partial charge in [-0.1, -0.05) is 0 Å². The number of anilines is 2. The van der Waals surface area contributed by atoms with E-state index in [9.17, 15) is 4.79 Å². The second kappa shape index (κ2) is 7.15. The molecule has 1 aromatic heterocycles. The predicted molar refractivity (Wildman–Crippen MR) is 95.6 cm³/mol. The smallest absolute Gasteiger partial charge is 0.412 e. The zero-order chi connectivity index (χ0) is 16.2. The lowest BCUT2D eigenvalue weighted by Gasteiger charge is -2.19. The van der Waals surface area contributed by atoms with Crippen LogP contribution in [0.2, 0.25) is 0 Å². The average Bonchev–Trinajstić information content (AvgIpc) is 2.81. The van der Waals surface area contributed by atoms with Crippen LogP contribution in [0.15, 0.2) is 40.2 Å². The zero-order valence-electron chi connectivity index (χ0n) is 12.8. The fourth-order valence-corrected chi connectivity index (χ4v) is 3.16. The Morgan fingerprint density at radius 2 is 1.82 bits per heavy atom. The molecule has 0 spiro atoms. The summed E-state index contributed by atoms with van der Waals surface area (Å²) in [5.74, 6) is 0. The lowest BCUT2D eigenvalue weighted by atomic mass is 10.2. The van der Waals surface area contributed by atoms with Gasteiger partial charge in [-0.05, 0) is 72.4 Å². The predicted octanol–water partition coefficient (Wildman–Crippen LogP) is 5.47. The first-order valence-corrected chi connectivity index (χ1v) is 8.56. The first-order valence-electron chi connectivity index (χ1n) is 6.89. The maximum absolute atomic E-state index is 11.7. The minimum atomic E-state index is -0.500. The van der Waals surface area contributed by atoms with E-state index in [1.165, 1.54) is 4.88 Å². The molecule has 4 nitrogen and oxygen atoms in total. The van der Waals surface area contributed by atoms with E-state index in [0.717, 1.165) is 16.7 Å². The van der Waals surface area contributed by atoms with Crippen LogP contribution >= 0.6 is 27.3 Å². The van der Waals surface area contributed by atoms with Crippen molar-refractivity contribution in [1.29, 1.82) is 0 Å². The number of amides is 1. The van der Waals surface area contributed by atoms with Crippen molar-refractivity contribution in [3.63, 3.8) is 0 Å². The minimum Gasteiger partial charge on any atom is -0.444 e. The quantitative estimate of drug-likeness (QED) is 0.736. The third kappa shape index (κ3) is 5.35. The molecule has 6 heteroatoms. The van der Waals surface area contributed by atoms with Crippen molar-refractivity contribution in [3.8, 4) is 0 Å². The normalized spacial score (nSPS) is 11.1. The van der Waals surface area contributed by atoms with Crippen molar-refractivity contribution >= 4 is 44.7 Å². The van der Waals surface area contributed by atoms with E-state index in [4.69, 9.17) is 4.74 Å². The van der Waals surface area contributed by atoms with E-state index in [0.29, 0.717) is 5.69 Å². The summed E-state index contributed by atoms with van der Waals surface area (Å²) in [5, 5.41) is 8.10. The summed E-state index contributed by atoms with van der Waals surface area (Å²) in [6.45, 7) is 6.27. The van der Waals surface area contributed by atoms with E-state index < -0.39 is 11.7 Å². The molecule has 0 aliphatic carbocycles. The number of nitrogens with one attached hydrogen (secondary N) is 2. The van der Waals surface area contributed by atoms with E-state index in [-0.39, 0.29) is 0 Å². The number of ether oxygens (including phenoxy) is 1. The first kappa shape index (κ1) is 16.8. The average molecular weight is 383 g/mol. The number of rotatable bonds is 4. The molecule has 1 heterocycles. The van der Waals surface area contributed by atoms with Gasteiger partial charge in [0.1, 0.15) is 5.60 Å². The second-order valence-electron chi connectivity index (χ2n) is 5.75. The summed E-state index contributed by atoms with van der Waals surface area (Å²) in [5.41, 5.74) is 1.20. The van der Waals surface area contributed by atoms with Crippen LogP contribution in [-0.4, -0.2) is 11.7 Å². The van der Waals surface area contributed by atoms with Crippen LogP contribution in [-0.2, 0) is 11.3 Å². The zero-order valence-corrected chi connectivity index (χ0v) is 15.2. The van der Waals surface area contributed by atoms with Crippen molar-refractivity contribution in [2.75, 3.05) is 10.6 Å². The van der Waals surface area contributed by atoms with Gasteiger partial charge in [0.2, 0.25) is 0 Å². The molecule has 118 valence electrons. The van der Waals surface area contributed by atoms with Crippen molar-refractivity contribution < 1.29 is 9.53 Å². The molecule has 0 radical (unpaired) electrons. The monoisotopic (exact) mass is 382 g/mol. The Kier molecular flexibility index (Phi) is 5.47. The van der Waals surface area contributed by atoms with Crippen molar-refractivity contribution in [3.05, 3.63) is 45.1 Å². The maximum atomic E-state index is 11.7. The molecule has 2 N–H and O–H groups in total. The van der Waals surface area contributed by atoms with Gasteiger partial charge in [-0.3, -0.25) is 5.32 Å². The fraction of sp³-hybridized carbons (Fsp3) is 0.312. The van der Waals surface area contributed by atoms with E-state index in [1.54, 1.807) is 11.3 Å². The van der Waals surface area contributed by atoms with E-state index >= 15 is 0 Å². The number of halogens is 1. The van der Waals surface area contributed by atoms with Crippen molar-refractivity contribution in [1.82, 2.24) is 0 Å². The molecule has 0 atom stereocenters. The summed E-state index contributed by atoms with van der Waals surface area (Å²) in [7, 11) is 0. The highest BCUT2D eigenvalue weighted by Gasteiger charge is 2.16. The number of thiophene rings is 1. The molecule has 0 aliphatic rings. The topological polar surface area (TPSA) is 50.4 Å². The van der Waals surface area contributed by atoms with E-state index in [2.05, 4.69) is 31.9 Å². The van der Waals surface area contributed by atoms with Crippen molar-refractivity contribution in [2.24, 2.45) is 0 Å². The Morgan fingerprint density at radius 3 is 2.36 bits per heavy atom. The Bertz CT molecular complexity index is 632. The molecule has 22 heavy (non-hydrogen) atoms. The third-order valence-electron chi connectivity index (χ3n) is 2.67. The van der Waals surface area contributed by atoms with Crippen LogP contribution in [0.3, 0.4) is 0 Å². The summed E-state index contributed by atoms with van der Waals surface area (Å²) in [6, 6.07) is 9.57. The highest BCUT2D eigenvalue weighted by atomic mass is 79.9. The molecule has 0 bridgehead atoms. The Labute approximate surface area is 143 Å². The second-order valence-corrected chi connectivity index (χ2v) is 7.60. The molecule has 2 aromatic rings. The number of hydrogen-bond donors (Lipinski definition) is 2. The summed E-state index contributed by atoms with van der Waals surface area (Å²) in [6.07, 6.45) is -0.448. The van der Waals surface area contributed by atoms with E-state index in [1.807, 2.05) is 51.1 Å². The number of benzene rings is 1. The van der Waals surface area contributed by atoms with Gasteiger partial charge in [0.15, 0.2) is 0 Å². The van der Waals surface area contributed by atoms with Crippen LogP contribution < -0.4 is 10.6 Å². The molecule has 0 saturated carbocycles. The van der Waals surface area contributed by atoms with Gasteiger partial charge in [-0.25, -0.2) is 4.79 Å².